The maximum atomic E-state index is 13.8. The number of hydrazine groups is 1. The van der Waals surface area contributed by atoms with Gasteiger partial charge in [0.1, 0.15) is 12.4 Å². The monoisotopic (exact) mass is 469 g/mol. The van der Waals surface area contributed by atoms with E-state index in [1.165, 1.54) is 17.1 Å². The van der Waals surface area contributed by atoms with E-state index in [1.807, 2.05) is 27.7 Å². The summed E-state index contributed by atoms with van der Waals surface area (Å²) in [6.45, 7) is 9.34. The zero-order chi connectivity index (χ0) is 27.7. The van der Waals surface area contributed by atoms with Crippen molar-refractivity contribution in [2.24, 2.45) is 5.41 Å². The summed E-state index contributed by atoms with van der Waals surface area (Å²) in [4.78, 5) is 27.4. The lowest BCUT2D eigenvalue weighted by atomic mass is 9.77. The summed E-state index contributed by atoms with van der Waals surface area (Å²) in [5.74, 6) is -0.653. The van der Waals surface area contributed by atoms with E-state index in [9.17, 15) is 14.6 Å². The fourth-order valence-electron chi connectivity index (χ4n) is 4.41. The molecule has 1 heterocycles. The zero-order valence-electron chi connectivity index (χ0n) is 23.7. The molecule has 1 aliphatic rings. The van der Waals surface area contributed by atoms with Crippen molar-refractivity contribution >= 4 is 24.4 Å². The van der Waals surface area contributed by atoms with Gasteiger partial charge in [-0.25, -0.2) is 5.01 Å². The van der Waals surface area contributed by atoms with Gasteiger partial charge in [-0.3, -0.25) is 15.0 Å². The van der Waals surface area contributed by atoms with Crippen molar-refractivity contribution in [2.45, 2.75) is 60.9 Å². The third-order valence-corrected chi connectivity index (χ3v) is 6.02. The van der Waals surface area contributed by atoms with Crippen molar-refractivity contribution in [3.05, 3.63) is 58.1 Å². The van der Waals surface area contributed by atoms with Crippen LogP contribution in [0, 0.1) is 26.1 Å². The molecule has 0 fully saturated rings. The number of aryl methyl sites for hydroxylation is 2. The van der Waals surface area contributed by atoms with Gasteiger partial charge in [0.05, 0.1) is 12.6 Å². The summed E-state index contributed by atoms with van der Waals surface area (Å²) < 4.78 is 34.4. The van der Waals surface area contributed by atoms with Gasteiger partial charge in [-0.2, -0.15) is 0 Å². The molecule has 0 saturated carbocycles. The highest BCUT2D eigenvalue weighted by molar-refractivity contribution is 6.61. The summed E-state index contributed by atoms with van der Waals surface area (Å²) in [7, 11) is -1.16. The second-order valence-electron chi connectivity index (χ2n) is 9.72. The first-order chi connectivity index (χ1) is 17.1. The lowest BCUT2D eigenvalue weighted by Crippen LogP contribution is -2.56. The summed E-state index contributed by atoms with van der Waals surface area (Å²) in [6, 6.07) is 7.25. The maximum absolute atomic E-state index is 13.8. The average Bonchev–Trinajstić information content (AvgIpc) is 2.98. The van der Waals surface area contributed by atoms with Gasteiger partial charge >= 0.3 is 7.12 Å². The molecule has 0 saturated heterocycles. The second kappa shape index (κ2) is 10.2. The van der Waals surface area contributed by atoms with Gasteiger partial charge < -0.3 is 14.4 Å². The van der Waals surface area contributed by atoms with Crippen LogP contribution in [0.3, 0.4) is 0 Å². The van der Waals surface area contributed by atoms with Gasteiger partial charge in [0.2, 0.25) is 0 Å². The smallest absolute Gasteiger partial charge is 0.491 e. The number of carbonyl (C=O) groups is 2. The number of benzene rings is 2. The molecule has 0 unspecified atom stereocenters. The number of carbonyl (C=O) groups excluding carboxylic acids is 2. The van der Waals surface area contributed by atoms with Crippen LogP contribution in [0.15, 0.2) is 30.3 Å². The van der Waals surface area contributed by atoms with Crippen LogP contribution in [-0.2, 0) is 4.65 Å². The molecule has 0 radical (unpaired) electrons. The van der Waals surface area contributed by atoms with E-state index >= 15 is 0 Å². The van der Waals surface area contributed by atoms with Crippen molar-refractivity contribution in [2.75, 3.05) is 13.2 Å². The Hall–Kier alpha value is -2.84. The number of ether oxygens (including phenoxy) is 1. The highest BCUT2D eigenvalue weighted by Crippen LogP contribution is 2.28. The quantitative estimate of drug-likeness (QED) is 0.530. The fraction of sp³-hybridized carbons (Fsp3) is 0.462. The molecule has 2 aromatic carbocycles. The van der Waals surface area contributed by atoms with Crippen molar-refractivity contribution < 1.29 is 28.1 Å². The average molecular weight is 469 g/mol. The summed E-state index contributed by atoms with van der Waals surface area (Å²) >= 11 is 0. The molecule has 0 aromatic heterocycles. The minimum atomic E-state index is -2.38. The number of nitrogens with one attached hydrogen (secondary N) is 1. The lowest BCUT2D eigenvalue weighted by molar-refractivity contribution is 0.0284. The Balaban J connectivity index is 2.04. The lowest BCUT2D eigenvalue weighted by Gasteiger charge is -2.39. The molecule has 0 spiro atoms. The highest BCUT2D eigenvalue weighted by Gasteiger charge is 2.35. The predicted octanol–water partition coefficient (Wildman–Crippen LogP) is 3.32. The molecule has 182 valence electrons. The minimum absolute atomic E-state index is 0.0606. The van der Waals surface area contributed by atoms with Crippen LogP contribution in [0.4, 0.5) is 0 Å². The van der Waals surface area contributed by atoms with Crippen LogP contribution < -0.4 is 15.6 Å². The van der Waals surface area contributed by atoms with E-state index in [0.717, 1.165) is 0 Å². The summed E-state index contributed by atoms with van der Waals surface area (Å²) in [5, 5.41) is 11.5. The number of nitrogens with zero attached hydrogens (tertiary/aromatic N) is 1. The zero-order valence-corrected chi connectivity index (χ0v) is 20.7. The molecule has 2 aromatic rings. The van der Waals surface area contributed by atoms with Gasteiger partial charge in [-0.15, -0.1) is 0 Å². The van der Waals surface area contributed by atoms with Crippen LogP contribution in [0.25, 0.3) is 0 Å². The molecule has 8 heteroatoms. The Labute approximate surface area is 206 Å². The third-order valence-electron chi connectivity index (χ3n) is 6.02. The maximum Gasteiger partial charge on any atom is 0.495 e. The molecule has 3 rings (SSSR count). The van der Waals surface area contributed by atoms with Crippen LogP contribution in [-0.4, -0.2) is 48.2 Å². The van der Waals surface area contributed by atoms with Crippen LogP contribution in [0.5, 0.6) is 5.75 Å². The SMILES string of the molecule is [2H]C([2H])([2H])c1cc(C)cc(C(=O)N(NC(=O)c2ccc3c(c2C)OCCOB3O)[C@@H](CC)C(C)(C)C)c1. The molecular formula is C26H35BN2O5. The molecule has 34 heavy (non-hydrogen) atoms. The number of amides is 2. The molecule has 2 N–H and O–H groups in total. The van der Waals surface area contributed by atoms with Crippen LogP contribution in [0.2, 0.25) is 0 Å². The Bertz CT molecular complexity index is 1180. The van der Waals surface area contributed by atoms with Crippen molar-refractivity contribution in [1.29, 1.82) is 0 Å². The van der Waals surface area contributed by atoms with Crippen molar-refractivity contribution in [1.82, 2.24) is 10.4 Å². The van der Waals surface area contributed by atoms with Gasteiger partial charge in [-0.05, 0) is 50.7 Å². The Kier molecular flexibility index (Phi) is 6.50. The molecule has 2 amide bonds. The number of hydrogen-bond donors (Lipinski definition) is 2. The third kappa shape index (κ3) is 5.45. The topological polar surface area (TPSA) is 88.1 Å². The predicted molar refractivity (Wildman–Crippen MR) is 133 cm³/mol. The number of rotatable bonds is 4. The Morgan fingerprint density at radius 1 is 1.21 bits per heavy atom. The Morgan fingerprint density at radius 3 is 2.56 bits per heavy atom. The van der Waals surface area contributed by atoms with Crippen molar-refractivity contribution in [3.8, 4) is 5.75 Å². The van der Waals surface area contributed by atoms with E-state index in [0.29, 0.717) is 28.8 Å². The van der Waals surface area contributed by atoms with E-state index in [2.05, 4.69) is 5.43 Å². The van der Waals surface area contributed by atoms with Crippen LogP contribution in [0.1, 0.15) is 75.6 Å². The molecule has 1 aliphatic heterocycles. The van der Waals surface area contributed by atoms with Crippen LogP contribution >= 0.6 is 0 Å². The molecule has 0 bridgehead atoms. The number of fused-ring (bicyclic) bond motifs is 1. The van der Waals surface area contributed by atoms with Crippen molar-refractivity contribution in [3.63, 3.8) is 0 Å². The first-order valence-electron chi connectivity index (χ1n) is 13.0. The first kappa shape index (κ1) is 21.7. The van der Waals surface area contributed by atoms with Gasteiger partial charge in [-0.1, -0.05) is 51.0 Å². The van der Waals surface area contributed by atoms with Gasteiger partial charge in [0.25, 0.3) is 11.8 Å². The first-order valence-corrected chi connectivity index (χ1v) is 11.5. The fourth-order valence-corrected chi connectivity index (χ4v) is 4.41. The molecule has 1 atom stereocenters. The molecule has 0 aliphatic carbocycles. The van der Waals surface area contributed by atoms with E-state index < -0.39 is 37.2 Å². The Morgan fingerprint density at radius 2 is 1.91 bits per heavy atom. The van der Waals surface area contributed by atoms with Gasteiger partial charge in [0.15, 0.2) is 0 Å². The molecule has 7 nitrogen and oxygen atoms in total. The van der Waals surface area contributed by atoms with E-state index in [4.69, 9.17) is 13.5 Å². The highest BCUT2D eigenvalue weighted by atomic mass is 16.6. The molecular weight excluding hydrogens is 431 g/mol. The minimum Gasteiger partial charge on any atom is -0.491 e. The second-order valence-corrected chi connectivity index (χ2v) is 9.72. The standard InChI is InChI=1S/C26H35BN2O5/c1-8-22(26(5,6)7)29(25(31)19-14-16(2)13-17(3)15-19)28-24(30)20-9-10-21-23(18(20)4)33-11-12-34-27(21)32/h9-10,13-15,22,32H,8,11-12H2,1-7H3,(H,28,30)/t22-/m0/s1/i2D3. The van der Waals surface area contributed by atoms with Gasteiger partial charge in [0, 0.05) is 26.3 Å². The summed E-state index contributed by atoms with van der Waals surface area (Å²) in [5.41, 5.74) is 4.48. The normalized spacial score (nSPS) is 16.2. The van der Waals surface area contributed by atoms with E-state index in [1.54, 1.807) is 32.0 Å². The largest absolute Gasteiger partial charge is 0.495 e. The summed E-state index contributed by atoms with van der Waals surface area (Å²) in [6.07, 6.45) is 0.545. The van der Waals surface area contributed by atoms with E-state index in [-0.39, 0.29) is 29.9 Å². The number of hydrogen-bond acceptors (Lipinski definition) is 5.